The lowest BCUT2D eigenvalue weighted by atomic mass is 9.62. The van der Waals surface area contributed by atoms with Gasteiger partial charge in [-0.2, -0.15) is 0 Å². The predicted octanol–water partition coefficient (Wildman–Crippen LogP) is 5.44. The molecular formula is C26H30FNO2. The molecule has 158 valence electrons. The molecule has 4 heteroatoms. The summed E-state index contributed by atoms with van der Waals surface area (Å²) in [6, 6.07) is 11.5. The molecule has 1 N–H and O–H groups in total. The van der Waals surface area contributed by atoms with Crippen molar-refractivity contribution in [1.82, 2.24) is 0 Å². The van der Waals surface area contributed by atoms with E-state index >= 15 is 4.39 Å². The molecule has 2 atom stereocenters. The minimum Gasteiger partial charge on any atom is -0.508 e. The van der Waals surface area contributed by atoms with Gasteiger partial charge in [-0.25, -0.2) is 4.39 Å². The van der Waals surface area contributed by atoms with Crippen molar-refractivity contribution < 1.29 is 14.3 Å². The van der Waals surface area contributed by atoms with Gasteiger partial charge in [0, 0.05) is 24.9 Å². The van der Waals surface area contributed by atoms with Crippen LogP contribution >= 0.6 is 0 Å². The Hall–Kier alpha value is -2.36. The zero-order valence-electron chi connectivity index (χ0n) is 17.4. The summed E-state index contributed by atoms with van der Waals surface area (Å²) in [6.07, 6.45) is 8.60. The third-order valence-corrected chi connectivity index (χ3v) is 7.80. The van der Waals surface area contributed by atoms with Gasteiger partial charge >= 0.3 is 0 Å². The number of nitrogens with zero attached hydrogens (tertiary/aromatic N) is 1. The number of anilines is 1. The monoisotopic (exact) mass is 407 g/mol. The molecule has 2 fully saturated rings. The van der Waals surface area contributed by atoms with Crippen LogP contribution < -0.4 is 4.90 Å². The maximum Gasteiger partial charge on any atom is 0.146 e. The molecule has 0 bridgehead atoms. The number of halogens is 1. The Morgan fingerprint density at radius 2 is 1.80 bits per heavy atom. The van der Waals surface area contributed by atoms with Crippen molar-refractivity contribution in [2.45, 2.75) is 50.9 Å². The highest BCUT2D eigenvalue weighted by molar-refractivity contribution is 5.56. The van der Waals surface area contributed by atoms with Gasteiger partial charge in [0.05, 0.1) is 5.69 Å². The van der Waals surface area contributed by atoms with Gasteiger partial charge in [0.2, 0.25) is 0 Å². The summed E-state index contributed by atoms with van der Waals surface area (Å²) < 4.78 is 15.3. The fourth-order valence-electron chi connectivity index (χ4n) is 5.88. The Kier molecular flexibility index (Phi) is 5.26. The van der Waals surface area contributed by atoms with Crippen LogP contribution in [0.4, 0.5) is 10.1 Å². The smallest absolute Gasteiger partial charge is 0.146 e. The van der Waals surface area contributed by atoms with Gasteiger partial charge in [-0.1, -0.05) is 31.4 Å². The Labute approximate surface area is 177 Å². The van der Waals surface area contributed by atoms with Crippen molar-refractivity contribution in [3.63, 3.8) is 0 Å². The van der Waals surface area contributed by atoms with Crippen molar-refractivity contribution in [2.24, 2.45) is 17.8 Å². The van der Waals surface area contributed by atoms with Crippen LogP contribution in [0.2, 0.25) is 0 Å². The number of phenolic OH excluding ortho intramolecular Hbond substituents is 1. The van der Waals surface area contributed by atoms with Crippen LogP contribution in [0.1, 0.15) is 61.1 Å². The van der Waals surface area contributed by atoms with E-state index in [4.69, 9.17) is 0 Å². The van der Waals surface area contributed by atoms with Crippen LogP contribution in [0.5, 0.6) is 5.75 Å². The zero-order chi connectivity index (χ0) is 20.7. The number of carbonyl (C=O) groups excluding carboxylic acids is 1. The number of phenols is 1. The fourth-order valence-corrected chi connectivity index (χ4v) is 5.88. The Balaban J connectivity index is 1.47. The van der Waals surface area contributed by atoms with E-state index in [2.05, 4.69) is 17.0 Å². The van der Waals surface area contributed by atoms with Gasteiger partial charge in [-0.05, 0) is 78.5 Å². The van der Waals surface area contributed by atoms with E-state index in [-0.39, 0.29) is 17.7 Å². The minimum absolute atomic E-state index is 0.113. The van der Waals surface area contributed by atoms with Crippen LogP contribution in [0.25, 0.3) is 0 Å². The van der Waals surface area contributed by atoms with Gasteiger partial charge < -0.3 is 14.8 Å². The van der Waals surface area contributed by atoms with Gasteiger partial charge in [0.25, 0.3) is 0 Å². The third kappa shape index (κ3) is 3.51. The molecule has 1 heterocycles. The second kappa shape index (κ2) is 8.05. The topological polar surface area (TPSA) is 40.5 Å². The Morgan fingerprint density at radius 1 is 1.00 bits per heavy atom. The van der Waals surface area contributed by atoms with Crippen LogP contribution in [0.3, 0.4) is 0 Å². The van der Waals surface area contributed by atoms with E-state index in [0.29, 0.717) is 17.4 Å². The van der Waals surface area contributed by atoms with Crippen molar-refractivity contribution in [1.29, 1.82) is 0 Å². The molecular weight excluding hydrogens is 377 g/mol. The number of benzene rings is 2. The first-order valence-electron chi connectivity index (χ1n) is 11.5. The summed E-state index contributed by atoms with van der Waals surface area (Å²) in [5.74, 6) is 1.74. The average molecular weight is 408 g/mol. The highest BCUT2D eigenvalue weighted by atomic mass is 19.1. The molecule has 0 radical (unpaired) electrons. The van der Waals surface area contributed by atoms with Crippen molar-refractivity contribution in [3.8, 4) is 5.75 Å². The summed E-state index contributed by atoms with van der Waals surface area (Å²) in [5.41, 5.74) is 4.18. The molecule has 1 saturated heterocycles. The van der Waals surface area contributed by atoms with Crippen LogP contribution in [0, 0.1) is 23.6 Å². The molecule has 3 nitrogen and oxygen atoms in total. The first-order valence-corrected chi connectivity index (χ1v) is 11.5. The molecule has 1 aliphatic heterocycles. The van der Waals surface area contributed by atoms with Crippen LogP contribution in [0.15, 0.2) is 36.4 Å². The second-order valence-corrected chi connectivity index (χ2v) is 9.43. The van der Waals surface area contributed by atoms with Gasteiger partial charge in [-0.15, -0.1) is 0 Å². The summed E-state index contributed by atoms with van der Waals surface area (Å²) >= 11 is 0. The molecule has 2 aromatic rings. The van der Waals surface area contributed by atoms with Gasteiger partial charge in [-0.3, -0.25) is 0 Å². The number of carbonyl (C=O) groups is 1. The van der Waals surface area contributed by atoms with Crippen molar-refractivity contribution >= 4 is 12.0 Å². The quantitative estimate of drug-likeness (QED) is 0.686. The maximum absolute atomic E-state index is 15.3. The maximum atomic E-state index is 15.3. The van der Waals surface area contributed by atoms with E-state index in [1.165, 1.54) is 30.4 Å². The lowest BCUT2D eigenvalue weighted by molar-refractivity contribution is -0.111. The molecule has 0 amide bonds. The number of aromatic hydroxyl groups is 1. The number of fused-ring (bicyclic) bond motifs is 1. The Morgan fingerprint density at radius 3 is 2.47 bits per heavy atom. The SMILES string of the molecule is O=CC1CCN(c2ccc([C@@H]3c4ccc(O)cc4CC[C@@H]3C3CCC3)cc2F)CC1. The number of hydrogen-bond acceptors (Lipinski definition) is 3. The predicted molar refractivity (Wildman–Crippen MR) is 117 cm³/mol. The molecule has 0 aromatic heterocycles. The number of aryl methyl sites for hydroxylation is 1. The van der Waals surface area contributed by atoms with E-state index in [0.717, 1.165) is 56.5 Å². The molecule has 2 aliphatic carbocycles. The standard InChI is InChI=1S/C26H30FNO2/c27-24-15-20(5-9-25(24)28-12-10-17(16-29)11-13-28)26-22(18-2-1-3-18)7-4-19-14-21(30)6-8-23(19)26/h5-6,8-9,14-18,22,26,30H,1-4,7,10-13H2/t22-,26+/m1/s1. The van der Waals surface area contributed by atoms with Crippen LogP contribution in [-0.2, 0) is 11.2 Å². The first-order chi connectivity index (χ1) is 14.6. The molecule has 2 aromatic carbocycles. The molecule has 1 saturated carbocycles. The number of aldehydes is 1. The minimum atomic E-state index is -0.157. The van der Waals surface area contributed by atoms with Crippen molar-refractivity contribution in [3.05, 3.63) is 58.9 Å². The number of hydrogen-bond donors (Lipinski definition) is 1. The number of piperidine rings is 1. The molecule has 0 unspecified atom stereocenters. The Bertz CT molecular complexity index is 931. The molecule has 5 rings (SSSR count). The molecule has 0 spiro atoms. The fraction of sp³-hybridized carbons (Fsp3) is 0.500. The zero-order valence-corrected chi connectivity index (χ0v) is 17.4. The third-order valence-electron chi connectivity index (χ3n) is 7.80. The van der Waals surface area contributed by atoms with E-state index in [1.807, 2.05) is 12.1 Å². The van der Waals surface area contributed by atoms with Gasteiger partial charge in [0.15, 0.2) is 0 Å². The highest BCUT2D eigenvalue weighted by Gasteiger charge is 2.38. The summed E-state index contributed by atoms with van der Waals surface area (Å²) in [5, 5.41) is 9.95. The van der Waals surface area contributed by atoms with E-state index < -0.39 is 0 Å². The lowest BCUT2D eigenvalue weighted by Crippen LogP contribution is -2.35. The molecule has 30 heavy (non-hydrogen) atoms. The first kappa shape index (κ1) is 19.6. The van der Waals surface area contributed by atoms with Gasteiger partial charge in [0.1, 0.15) is 17.9 Å². The molecule has 3 aliphatic rings. The second-order valence-electron chi connectivity index (χ2n) is 9.43. The van der Waals surface area contributed by atoms with E-state index in [1.54, 1.807) is 12.1 Å². The lowest BCUT2D eigenvalue weighted by Gasteiger charge is -2.43. The summed E-state index contributed by atoms with van der Waals surface area (Å²) in [6.45, 7) is 1.46. The van der Waals surface area contributed by atoms with Crippen molar-refractivity contribution in [2.75, 3.05) is 18.0 Å². The van der Waals surface area contributed by atoms with E-state index in [9.17, 15) is 9.90 Å². The summed E-state index contributed by atoms with van der Waals surface area (Å²) in [7, 11) is 0. The highest BCUT2D eigenvalue weighted by Crippen LogP contribution is 2.50. The normalized spacial score (nSPS) is 24.9. The van der Waals surface area contributed by atoms with Crippen LogP contribution in [-0.4, -0.2) is 24.5 Å². The summed E-state index contributed by atoms with van der Waals surface area (Å²) in [4.78, 5) is 13.1. The largest absolute Gasteiger partial charge is 0.508 e. The number of rotatable bonds is 4. The average Bonchev–Trinajstić information content (AvgIpc) is 2.72.